The van der Waals surface area contributed by atoms with Crippen molar-refractivity contribution in [3.8, 4) is 0 Å². The van der Waals surface area contributed by atoms with Gasteiger partial charge in [0.1, 0.15) is 0 Å². The summed E-state index contributed by atoms with van der Waals surface area (Å²) in [5.41, 5.74) is 0. The third-order valence-corrected chi connectivity index (χ3v) is 2.33. The highest BCUT2D eigenvalue weighted by atomic mass is 16.8. The molecular weight excluding hydrogens is 184 g/mol. The lowest BCUT2D eigenvalue weighted by atomic mass is 10.1. The number of hydrogen-bond donors (Lipinski definition) is 0. The summed E-state index contributed by atoms with van der Waals surface area (Å²) in [6, 6.07) is 0. The average Bonchev–Trinajstić information content (AvgIpc) is 2.16. The lowest BCUT2D eigenvalue weighted by molar-refractivity contribution is -0.166. The molecule has 0 aromatic heterocycles. The molecular formula is C10H16O4. The molecule has 0 aromatic carbocycles. The zero-order valence-electron chi connectivity index (χ0n) is 8.24. The number of allylic oxidation sites excluding steroid dienone is 1. The Hall–Kier alpha value is -0.740. The molecule has 0 saturated carbocycles. The van der Waals surface area contributed by atoms with Crippen LogP contribution in [0.5, 0.6) is 0 Å². The van der Waals surface area contributed by atoms with E-state index >= 15 is 0 Å². The van der Waals surface area contributed by atoms with E-state index in [0.29, 0.717) is 12.7 Å². The largest absolute Gasteiger partial charge is 0.428 e. The van der Waals surface area contributed by atoms with Gasteiger partial charge in [-0.05, 0) is 25.3 Å². The second-order valence-electron chi connectivity index (χ2n) is 3.43. The molecule has 0 spiro atoms. The molecule has 0 N–H and O–H groups in total. The Bertz CT molecular complexity index is 190. The van der Waals surface area contributed by atoms with Crippen LogP contribution in [0.2, 0.25) is 0 Å². The van der Waals surface area contributed by atoms with Crippen LogP contribution in [0.25, 0.3) is 0 Å². The van der Waals surface area contributed by atoms with Crippen molar-refractivity contribution in [3.63, 3.8) is 0 Å². The first-order valence-electron chi connectivity index (χ1n) is 5.10. The monoisotopic (exact) mass is 200 g/mol. The predicted molar refractivity (Wildman–Crippen MR) is 49.5 cm³/mol. The van der Waals surface area contributed by atoms with Crippen molar-refractivity contribution in [1.82, 2.24) is 0 Å². The smallest absolute Gasteiger partial charge is 0.280 e. The molecule has 0 bridgehead atoms. The molecule has 2 saturated heterocycles. The first-order valence-corrected chi connectivity index (χ1v) is 5.10. The maximum Gasteiger partial charge on any atom is 0.280 e. The topological polar surface area (TPSA) is 36.9 Å². The summed E-state index contributed by atoms with van der Waals surface area (Å²) in [6.07, 6.45) is 5.38. The first-order chi connectivity index (χ1) is 6.95. The zero-order chi connectivity index (χ0) is 9.64. The van der Waals surface area contributed by atoms with Crippen molar-refractivity contribution in [2.45, 2.75) is 25.4 Å². The number of unbranched alkanes of at least 4 members (excludes halogenated alkanes) is 1. The van der Waals surface area contributed by atoms with Crippen LogP contribution >= 0.6 is 0 Å². The number of ether oxygens (including phenoxy) is 4. The first kappa shape index (κ1) is 9.80. The number of rotatable bonds is 4. The molecule has 0 radical (unpaired) electrons. The molecule has 2 heterocycles. The van der Waals surface area contributed by atoms with Crippen molar-refractivity contribution >= 4 is 0 Å². The van der Waals surface area contributed by atoms with Crippen LogP contribution in [-0.4, -0.2) is 32.7 Å². The Morgan fingerprint density at radius 3 is 2.86 bits per heavy atom. The van der Waals surface area contributed by atoms with Crippen molar-refractivity contribution in [3.05, 3.63) is 12.0 Å². The molecule has 2 rings (SSSR count). The summed E-state index contributed by atoms with van der Waals surface area (Å²) < 4.78 is 20.8. The van der Waals surface area contributed by atoms with Crippen LogP contribution in [0.3, 0.4) is 0 Å². The van der Waals surface area contributed by atoms with Gasteiger partial charge in [0.25, 0.3) is 5.95 Å². The van der Waals surface area contributed by atoms with Gasteiger partial charge in [-0.15, -0.1) is 0 Å². The Balaban J connectivity index is 1.53. The van der Waals surface area contributed by atoms with E-state index < -0.39 is 0 Å². The minimum Gasteiger partial charge on any atom is -0.428 e. The molecule has 2 aliphatic heterocycles. The van der Waals surface area contributed by atoms with E-state index in [1.54, 1.807) is 0 Å². The summed E-state index contributed by atoms with van der Waals surface area (Å²) in [5.74, 6) is 0.672. The van der Waals surface area contributed by atoms with Gasteiger partial charge >= 0.3 is 0 Å². The molecule has 2 aliphatic rings. The predicted octanol–water partition coefficient (Wildman–Crippen LogP) is 1.42. The van der Waals surface area contributed by atoms with E-state index in [-0.39, 0.29) is 6.10 Å². The van der Waals surface area contributed by atoms with Crippen molar-refractivity contribution < 1.29 is 18.9 Å². The van der Waals surface area contributed by atoms with Crippen LogP contribution in [0, 0.1) is 0 Å². The molecule has 1 atom stereocenters. The number of hydrogen-bond acceptors (Lipinski definition) is 4. The summed E-state index contributed by atoms with van der Waals surface area (Å²) >= 11 is 0. The summed E-state index contributed by atoms with van der Waals surface area (Å²) in [5, 5.41) is 0. The summed E-state index contributed by atoms with van der Waals surface area (Å²) in [6.45, 7) is 2.62. The normalized spacial score (nSPS) is 26.0. The molecule has 4 nitrogen and oxygen atoms in total. The quantitative estimate of drug-likeness (QED) is 0.643. The van der Waals surface area contributed by atoms with Gasteiger partial charge in [0.2, 0.25) is 6.79 Å². The fourth-order valence-electron chi connectivity index (χ4n) is 1.51. The highest BCUT2D eigenvalue weighted by Crippen LogP contribution is 2.14. The van der Waals surface area contributed by atoms with Crippen LogP contribution in [0.15, 0.2) is 12.0 Å². The summed E-state index contributed by atoms with van der Waals surface area (Å²) in [4.78, 5) is 0. The third kappa shape index (κ3) is 2.89. The highest BCUT2D eigenvalue weighted by Gasteiger charge is 2.14. The van der Waals surface area contributed by atoms with Crippen LogP contribution in [0.4, 0.5) is 0 Å². The standard InChI is InChI=1S/C10H16O4/c1(2-4-10-13-8-14-10)3-9-7-11-5-6-12-9/h4,9H,1-3,5-8H2. The van der Waals surface area contributed by atoms with E-state index in [1.807, 2.05) is 6.08 Å². The Morgan fingerprint density at radius 1 is 1.29 bits per heavy atom. The SMILES string of the molecule is C(CCCC1COCCO1)=C1OCO1. The van der Waals surface area contributed by atoms with Gasteiger partial charge in [-0.3, -0.25) is 0 Å². The molecule has 14 heavy (non-hydrogen) atoms. The Labute approximate surface area is 83.8 Å². The van der Waals surface area contributed by atoms with Crippen molar-refractivity contribution in [2.75, 3.05) is 26.6 Å². The molecule has 0 aliphatic carbocycles. The van der Waals surface area contributed by atoms with Crippen LogP contribution in [0.1, 0.15) is 19.3 Å². The van der Waals surface area contributed by atoms with E-state index in [1.165, 1.54) is 0 Å². The minimum absolute atomic E-state index is 0.283. The molecule has 0 aromatic rings. The fourth-order valence-corrected chi connectivity index (χ4v) is 1.51. The second-order valence-corrected chi connectivity index (χ2v) is 3.43. The van der Waals surface area contributed by atoms with E-state index in [4.69, 9.17) is 18.9 Å². The van der Waals surface area contributed by atoms with Gasteiger partial charge in [0, 0.05) is 0 Å². The minimum atomic E-state index is 0.283. The molecule has 2 fully saturated rings. The highest BCUT2D eigenvalue weighted by molar-refractivity contribution is 4.86. The molecule has 0 amide bonds. The van der Waals surface area contributed by atoms with Gasteiger partial charge in [-0.25, -0.2) is 0 Å². The van der Waals surface area contributed by atoms with E-state index in [9.17, 15) is 0 Å². The van der Waals surface area contributed by atoms with E-state index in [2.05, 4.69) is 0 Å². The molecule has 4 heteroatoms. The van der Waals surface area contributed by atoms with Gasteiger partial charge in [0.15, 0.2) is 0 Å². The lowest BCUT2D eigenvalue weighted by Crippen LogP contribution is -2.28. The van der Waals surface area contributed by atoms with Gasteiger partial charge in [-0.1, -0.05) is 0 Å². The lowest BCUT2D eigenvalue weighted by Gasteiger charge is -2.23. The zero-order valence-corrected chi connectivity index (χ0v) is 8.24. The second kappa shape index (κ2) is 5.22. The van der Waals surface area contributed by atoms with Crippen molar-refractivity contribution in [2.24, 2.45) is 0 Å². The third-order valence-electron chi connectivity index (χ3n) is 2.33. The van der Waals surface area contributed by atoms with Gasteiger partial charge in [-0.2, -0.15) is 0 Å². The van der Waals surface area contributed by atoms with Crippen LogP contribution in [-0.2, 0) is 18.9 Å². The Morgan fingerprint density at radius 2 is 2.21 bits per heavy atom. The van der Waals surface area contributed by atoms with Gasteiger partial charge < -0.3 is 18.9 Å². The average molecular weight is 200 g/mol. The Kier molecular flexibility index (Phi) is 3.65. The maximum atomic E-state index is 5.52. The molecule has 80 valence electrons. The van der Waals surface area contributed by atoms with Crippen LogP contribution < -0.4 is 0 Å². The summed E-state index contributed by atoms with van der Waals surface area (Å²) in [7, 11) is 0. The fraction of sp³-hybridized carbons (Fsp3) is 0.800. The van der Waals surface area contributed by atoms with Crippen molar-refractivity contribution in [1.29, 1.82) is 0 Å². The molecule has 1 unspecified atom stereocenters. The van der Waals surface area contributed by atoms with Gasteiger partial charge in [0.05, 0.1) is 25.9 Å². The van der Waals surface area contributed by atoms with E-state index in [0.717, 1.165) is 39.1 Å². The maximum absolute atomic E-state index is 5.52.